The van der Waals surface area contributed by atoms with Crippen molar-refractivity contribution in [3.05, 3.63) is 48.6 Å². The fourth-order valence-corrected chi connectivity index (χ4v) is 0.609. The lowest BCUT2D eigenvalue weighted by atomic mass is 10.2. The van der Waals surface area contributed by atoms with Crippen LogP contribution in [0.5, 0.6) is 0 Å². The molecule has 2 nitrogen and oxygen atoms in total. The summed E-state index contributed by atoms with van der Waals surface area (Å²) in [6.45, 7) is 5.43. The molecule has 0 aromatic rings. The van der Waals surface area contributed by atoms with Crippen LogP contribution in [0.25, 0.3) is 0 Å². The molecule has 0 heterocycles. The average molecular weight is 178 g/mol. The first kappa shape index (κ1) is 11.4. The van der Waals surface area contributed by atoms with Crippen LogP contribution in [-0.4, -0.2) is 13.1 Å². The second kappa shape index (κ2) is 7.10. The number of carbonyl (C=O) groups is 1. The third kappa shape index (κ3) is 6.81. The summed E-state index contributed by atoms with van der Waals surface area (Å²) in [6.07, 6.45) is 10.3. The molecular formula is C11H14O2. The fraction of sp³-hybridized carbons (Fsp3) is 0.182. The Balaban J connectivity index is 4.12. The van der Waals surface area contributed by atoms with Crippen molar-refractivity contribution in [1.29, 1.82) is 0 Å². The molecular weight excluding hydrogens is 164 g/mol. The van der Waals surface area contributed by atoms with Crippen molar-refractivity contribution in [1.82, 2.24) is 0 Å². The predicted octanol–water partition coefficient (Wildman–Crippen LogP) is 2.40. The third-order valence-electron chi connectivity index (χ3n) is 1.29. The van der Waals surface area contributed by atoms with Gasteiger partial charge < -0.3 is 4.74 Å². The minimum atomic E-state index is -0.347. The molecule has 0 aliphatic heterocycles. The number of hydrogen-bond donors (Lipinski definition) is 0. The van der Waals surface area contributed by atoms with Crippen LogP contribution in [0.15, 0.2) is 48.6 Å². The van der Waals surface area contributed by atoms with Gasteiger partial charge in [0.15, 0.2) is 0 Å². The lowest BCUT2D eigenvalue weighted by molar-refractivity contribution is -0.134. The van der Waals surface area contributed by atoms with Crippen molar-refractivity contribution in [2.75, 3.05) is 7.11 Å². The van der Waals surface area contributed by atoms with Crippen LogP contribution in [0, 0.1) is 0 Å². The predicted molar refractivity (Wildman–Crippen MR) is 54.3 cm³/mol. The number of rotatable bonds is 4. The molecule has 0 radical (unpaired) electrons. The van der Waals surface area contributed by atoms with Crippen molar-refractivity contribution < 1.29 is 9.53 Å². The van der Waals surface area contributed by atoms with Crippen LogP contribution < -0.4 is 0 Å². The molecule has 0 unspecified atom stereocenters. The zero-order valence-electron chi connectivity index (χ0n) is 7.99. The van der Waals surface area contributed by atoms with E-state index in [2.05, 4.69) is 11.3 Å². The van der Waals surface area contributed by atoms with Crippen LogP contribution in [0.2, 0.25) is 0 Å². The number of esters is 1. The lowest BCUT2D eigenvalue weighted by Crippen LogP contribution is -1.93. The highest BCUT2D eigenvalue weighted by molar-refractivity contribution is 5.82. The highest BCUT2D eigenvalue weighted by Gasteiger charge is 1.88. The minimum Gasteiger partial charge on any atom is -0.466 e. The van der Waals surface area contributed by atoms with Crippen LogP contribution in [0.1, 0.15) is 6.92 Å². The smallest absolute Gasteiger partial charge is 0.330 e. The number of ether oxygens (including phenoxy) is 1. The average Bonchev–Trinajstić information content (AvgIpc) is 2.14. The van der Waals surface area contributed by atoms with E-state index in [0.717, 1.165) is 5.57 Å². The van der Waals surface area contributed by atoms with E-state index in [1.54, 1.807) is 12.2 Å². The molecule has 0 aromatic heterocycles. The van der Waals surface area contributed by atoms with Gasteiger partial charge >= 0.3 is 5.97 Å². The molecule has 0 spiro atoms. The van der Waals surface area contributed by atoms with E-state index >= 15 is 0 Å². The summed E-state index contributed by atoms with van der Waals surface area (Å²) < 4.78 is 4.44. The first-order valence-electron chi connectivity index (χ1n) is 3.92. The summed E-state index contributed by atoms with van der Waals surface area (Å²) in [4.78, 5) is 10.7. The molecule has 0 aliphatic carbocycles. The Morgan fingerprint density at radius 2 is 2.00 bits per heavy atom. The fourth-order valence-electron chi connectivity index (χ4n) is 0.609. The zero-order chi connectivity index (χ0) is 10.1. The van der Waals surface area contributed by atoms with Gasteiger partial charge in [-0.2, -0.15) is 0 Å². The molecule has 13 heavy (non-hydrogen) atoms. The molecule has 0 N–H and O–H groups in total. The van der Waals surface area contributed by atoms with Gasteiger partial charge in [-0.3, -0.25) is 0 Å². The van der Waals surface area contributed by atoms with Crippen LogP contribution >= 0.6 is 0 Å². The van der Waals surface area contributed by atoms with Crippen molar-refractivity contribution in [3.8, 4) is 0 Å². The molecule has 0 atom stereocenters. The second-order valence-electron chi connectivity index (χ2n) is 2.39. The summed E-state index contributed by atoms with van der Waals surface area (Å²) in [5.74, 6) is -0.347. The summed E-state index contributed by atoms with van der Waals surface area (Å²) in [5, 5.41) is 0. The van der Waals surface area contributed by atoms with E-state index in [-0.39, 0.29) is 5.97 Å². The number of carbonyl (C=O) groups excluding carboxylic acids is 1. The first-order valence-corrected chi connectivity index (χ1v) is 3.92. The van der Waals surface area contributed by atoms with E-state index < -0.39 is 0 Å². The van der Waals surface area contributed by atoms with Gasteiger partial charge in [0, 0.05) is 6.08 Å². The summed E-state index contributed by atoms with van der Waals surface area (Å²) in [6, 6.07) is 0. The van der Waals surface area contributed by atoms with Gasteiger partial charge in [0.2, 0.25) is 0 Å². The largest absolute Gasteiger partial charge is 0.466 e. The van der Waals surface area contributed by atoms with E-state index in [0.29, 0.717) is 0 Å². The Labute approximate surface area is 78.9 Å². The molecule has 0 bridgehead atoms. The lowest BCUT2D eigenvalue weighted by Gasteiger charge is -1.89. The van der Waals surface area contributed by atoms with Crippen LogP contribution in [0.3, 0.4) is 0 Å². The van der Waals surface area contributed by atoms with Gasteiger partial charge in [-0.05, 0) is 6.92 Å². The van der Waals surface area contributed by atoms with Gasteiger partial charge in [-0.1, -0.05) is 42.5 Å². The van der Waals surface area contributed by atoms with Crippen molar-refractivity contribution in [2.45, 2.75) is 6.92 Å². The van der Waals surface area contributed by atoms with E-state index in [4.69, 9.17) is 0 Å². The van der Waals surface area contributed by atoms with Gasteiger partial charge in [0.05, 0.1) is 7.11 Å². The Morgan fingerprint density at radius 3 is 2.54 bits per heavy atom. The summed E-state index contributed by atoms with van der Waals surface area (Å²) >= 11 is 0. The summed E-state index contributed by atoms with van der Waals surface area (Å²) in [7, 11) is 1.35. The Hall–Kier alpha value is -1.57. The number of allylic oxidation sites excluding steroid dienone is 6. The van der Waals surface area contributed by atoms with E-state index in [1.165, 1.54) is 13.2 Å². The molecule has 0 rings (SSSR count). The quantitative estimate of drug-likeness (QED) is 0.375. The van der Waals surface area contributed by atoms with Crippen LogP contribution in [0.4, 0.5) is 0 Å². The van der Waals surface area contributed by atoms with Gasteiger partial charge in [-0.15, -0.1) is 0 Å². The molecule has 70 valence electrons. The van der Waals surface area contributed by atoms with Crippen molar-refractivity contribution in [2.24, 2.45) is 0 Å². The molecule has 0 aliphatic rings. The van der Waals surface area contributed by atoms with Crippen molar-refractivity contribution >= 4 is 5.97 Å². The maximum Gasteiger partial charge on any atom is 0.330 e. The molecule has 0 saturated carbocycles. The number of methoxy groups -OCH3 is 1. The molecule has 0 fully saturated rings. The molecule has 0 aromatic carbocycles. The Bertz CT molecular complexity index is 257. The molecule has 0 saturated heterocycles. The normalized spacial score (nSPS) is 12.3. The van der Waals surface area contributed by atoms with E-state index in [9.17, 15) is 4.79 Å². The second-order valence-corrected chi connectivity index (χ2v) is 2.39. The topological polar surface area (TPSA) is 26.3 Å². The van der Waals surface area contributed by atoms with Gasteiger partial charge in [0.1, 0.15) is 0 Å². The minimum absolute atomic E-state index is 0.347. The van der Waals surface area contributed by atoms with Crippen LogP contribution in [-0.2, 0) is 9.53 Å². The SMILES string of the molecule is C=C\C=C/C=C(C)/C=C/C(=O)OC. The first-order chi connectivity index (χ1) is 6.20. The highest BCUT2D eigenvalue weighted by atomic mass is 16.5. The zero-order valence-corrected chi connectivity index (χ0v) is 7.99. The van der Waals surface area contributed by atoms with Crippen molar-refractivity contribution in [3.63, 3.8) is 0 Å². The Kier molecular flexibility index (Phi) is 6.24. The van der Waals surface area contributed by atoms with Gasteiger partial charge in [-0.25, -0.2) is 4.79 Å². The maximum absolute atomic E-state index is 10.7. The van der Waals surface area contributed by atoms with E-state index in [1.807, 2.05) is 25.2 Å². The molecule has 2 heteroatoms. The number of hydrogen-bond acceptors (Lipinski definition) is 2. The summed E-state index contributed by atoms with van der Waals surface area (Å²) in [5.41, 5.74) is 0.975. The third-order valence-corrected chi connectivity index (χ3v) is 1.29. The van der Waals surface area contributed by atoms with Gasteiger partial charge in [0.25, 0.3) is 0 Å². The highest BCUT2D eigenvalue weighted by Crippen LogP contribution is 1.95. The Morgan fingerprint density at radius 1 is 1.31 bits per heavy atom. The standard InChI is InChI=1S/C11H14O2/c1-4-5-6-7-10(2)8-9-11(12)13-3/h4-9H,1H2,2-3H3/b6-5-,9-8+,10-7+. The molecule has 0 amide bonds. The monoisotopic (exact) mass is 178 g/mol. The maximum atomic E-state index is 10.7.